The molecular formula is C42H66O6. The minimum Gasteiger partial charge on any atom is -0.507 e. The van der Waals surface area contributed by atoms with Crippen LogP contribution < -0.4 is 0 Å². The highest BCUT2D eigenvalue weighted by molar-refractivity contribution is 5.69. The topological polar surface area (TPSA) is 93.1 Å². The Labute approximate surface area is 292 Å². The monoisotopic (exact) mass is 666 g/mol. The van der Waals surface area contributed by atoms with E-state index in [0.29, 0.717) is 50.4 Å². The van der Waals surface area contributed by atoms with Crippen LogP contribution in [-0.2, 0) is 53.6 Å². The Hall–Kier alpha value is -3.02. The molecule has 0 unspecified atom stereocenters. The van der Waals surface area contributed by atoms with E-state index in [1.165, 1.54) is 0 Å². The third kappa shape index (κ3) is 13.1. The lowest BCUT2D eigenvalue weighted by Gasteiger charge is -2.28. The molecule has 0 fully saturated rings. The maximum atomic E-state index is 12.3. The Morgan fingerprint density at radius 3 is 1.00 bits per heavy atom. The highest BCUT2D eigenvalue weighted by atomic mass is 16.5. The molecule has 0 aromatic heterocycles. The summed E-state index contributed by atoms with van der Waals surface area (Å²) in [6, 6.07) is 8.32. The van der Waals surface area contributed by atoms with Crippen LogP contribution in [0.15, 0.2) is 24.3 Å². The fourth-order valence-corrected chi connectivity index (χ4v) is 5.91. The maximum Gasteiger partial charge on any atom is 0.305 e. The lowest BCUT2D eigenvalue weighted by Crippen LogP contribution is -2.18. The first-order valence-electron chi connectivity index (χ1n) is 18.1. The van der Waals surface area contributed by atoms with Crippen LogP contribution in [0.4, 0.5) is 0 Å². The zero-order valence-electron chi connectivity index (χ0n) is 32.3. The van der Waals surface area contributed by atoms with Crippen LogP contribution in [0.3, 0.4) is 0 Å². The first-order valence-corrected chi connectivity index (χ1v) is 18.1. The van der Waals surface area contributed by atoms with Crippen LogP contribution in [0.5, 0.6) is 11.5 Å². The Kier molecular flexibility index (Phi) is 14.6. The summed E-state index contributed by atoms with van der Waals surface area (Å²) in [6.07, 6.45) is 7.07. The van der Waals surface area contributed by atoms with Gasteiger partial charge in [-0.05, 0) is 106 Å². The Morgan fingerprint density at radius 1 is 0.479 bits per heavy atom. The number of phenolic OH excluding ortho intramolecular Hbond substituents is 2. The average Bonchev–Trinajstić information content (AvgIpc) is 2.93. The summed E-state index contributed by atoms with van der Waals surface area (Å²) in [6.45, 7) is 26.1. The van der Waals surface area contributed by atoms with Crippen LogP contribution in [0.2, 0.25) is 0 Å². The smallest absolute Gasteiger partial charge is 0.305 e. The summed E-state index contributed by atoms with van der Waals surface area (Å²) in [4.78, 5) is 24.7. The van der Waals surface area contributed by atoms with Gasteiger partial charge in [-0.1, -0.05) is 107 Å². The van der Waals surface area contributed by atoms with Crippen LogP contribution in [0.1, 0.15) is 168 Å². The third-order valence-corrected chi connectivity index (χ3v) is 8.83. The average molecular weight is 667 g/mol. The van der Waals surface area contributed by atoms with Gasteiger partial charge in [0.2, 0.25) is 0 Å². The second-order valence-corrected chi connectivity index (χ2v) is 17.6. The molecular weight excluding hydrogens is 600 g/mol. The molecule has 2 N–H and O–H groups in total. The summed E-state index contributed by atoms with van der Waals surface area (Å²) >= 11 is 0. The number of carbonyl (C=O) groups excluding carboxylic acids is 2. The molecule has 0 saturated heterocycles. The summed E-state index contributed by atoms with van der Waals surface area (Å²) in [7, 11) is 0. The summed E-state index contributed by atoms with van der Waals surface area (Å²) in [5.74, 6) is 0.406. The molecule has 0 aliphatic rings. The molecule has 0 bridgehead atoms. The molecule has 0 radical (unpaired) electrons. The van der Waals surface area contributed by atoms with Gasteiger partial charge in [0.15, 0.2) is 0 Å². The molecule has 0 amide bonds. The fraction of sp³-hybridized carbons (Fsp3) is 0.667. The lowest BCUT2D eigenvalue weighted by atomic mass is 9.78. The quantitative estimate of drug-likeness (QED) is 0.145. The minimum absolute atomic E-state index is 0.175. The van der Waals surface area contributed by atoms with E-state index in [4.69, 9.17) is 9.47 Å². The molecule has 0 spiro atoms. The molecule has 0 atom stereocenters. The standard InChI is InChI=1S/C42H66O6/c1-39(2,3)31-25-29(26-32(37(31)45)40(4,5)6)19-17-21-35(43)47-23-15-13-14-16-24-48-36(44)22-18-20-30-27-33(41(7,8)9)38(46)34(28-30)42(10,11)12/h25-28,45-46H,13-24H2,1-12H3. The maximum absolute atomic E-state index is 12.3. The van der Waals surface area contributed by atoms with E-state index >= 15 is 0 Å². The predicted molar refractivity (Wildman–Crippen MR) is 197 cm³/mol. The number of carbonyl (C=O) groups is 2. The number of benzene rings is 2. The highest BCUT2D eigenvalue weighted by Gasteiger charge is 2.28. The molecule has 6 nitrogen and oxygen atoms in total. The number of hydrogen-bond acceptors (Lipinski definition) is 6. The molecule has 2 rings (SSSR count). The van der Waals surface area contributed by atoms with E-state index in [9.17, 15) is 19.8 Å². The van der Waals surface area contributed by atoms with Gasteiger partial charge in [-0.25, -0.2) is 0 Å². The van der Waals surface area contributed by atoms with Gasteiger partial charge in [0.1, 0.15) is 11.5 Å². The van der Waals surface area contributed by atoms with Crippen molar-refractivity contribution in [2.45, 2.75) is 169 Å². The van der Waals surface area contributed by atoms with Gasteiger partial charge in [0.25, 0.3) is 0 Å². The summed E-state index contributed by atoms with van der Waals surface area (Å²) in [5, 5.41) is 21.9. The van der Waals surface area contributed by atoms with Crippen molar-refractivity contribution < 1.29 is 29.3 Å². The van der Waals surface area contributed by atoms with Gasteiger partial charge in [-0.3, -0.25) is 9.59 Å². The van der Waals surface area contributed by atoms with Crippen LogP contribution >= 0.6 is 0 Å². The highest BCUT2D eigenvalue weighted by Crippen LogP contribution is 2.41. The SMILES string of the molecule is CC(C)(C)c1cc(CCCC(=O)OCCCCCCOC(=O)CCCc2cc(C(C)(C)C)c(O)c(C(C)(C)C)c2)cc(C(C)(C)C)c1O. The van der Waals surface area contributed by atoms with Gasteiger partial charge >= 0.3 is 11.9 Å². The first kappa shape index (κ1) is 41.2. The molecule has 270 valence electrons. The van der Waals surface area contributed by atoms with Gasteiger partial charge in [-0.2, -0.15) is 0 Å². The third-order valence-electron chi connectivity index (χ3n) is 8.83. The predicted octanol–water partition coefficient (Wildman–Crippen LogP) is 10.3. The zero-order chi connectivity index (χ0) is 36.5. The van der Waals surface area contributed by atoms with Crippen LogP contribution in [-0.4, -0.2) is 35.4 Å². The summed E-state index contributed by atoms with van der Waals surface area (Å²) < 4.78 is 10.9. The van der Waals surface area contributed by atoms with Crippen molar-refractivity contribution >= 4 is 11.9 Å². The van der Waals surface area contributed by atoms with E-state index < -0.39 is 0 Å². The number of phenols is 2. The number of hydrogen-bond donors (Lipinski definition) is 2. The van der Waals surface area contributed by atoms with Gasteiger partial charge in [-0.15, -0.1) is 0 Å². The zero-order valence-corrected chi connectivity index (χ0v) is 32.3. The molecule has 48 heavy (non-hydrogen) atoms. The van der Waals surface area contributed by atoms with Crippen LogP contribution in [0.25, 0.3) is 0 Å². The number of aromatic hydroxyl groups is 2. The second kappa shape index (κ2) is 17.1. The molecule has 0 aliphatic heterocycles. The second-order valence-electron chi connectivity index (χ2n) is 17.6. The van der Waals surface area contributed by atoms with Crippen molar-refractivity contribution in [3.05, 3.63) is 57.6 Å². The van der Waals surface area contributed by atoms with Crippen molar-refractivity contribution in [2.75, 3.05) is 13.2 Å². The van der Waals surface area contributed by atoms with Gasteiger partial charge in [0, 0.05) is 12.8 Å². The molecule has 2 aromatic rings. The van der Waals surface area contributed by atoms with Crippen molar-refractivity contribution in [1.29, 1.82) is 0 Å². The van der Waals surface area contributed by atoms with Crippen molar-refractivity contribution in [3.63, 3.8) is 0 Å². The molecule has 0 aliphatic carbocycles. The molecule has 0 saturated carbocycles. The number of ether oxygens (including phenoxy) is 2. The Morgan fingerprint density at radius 2 is 0.750 bits per heavy atom. The largest absolute Gasteiger partial charge is 0.507 e. The van der Waals surface area contributed by atoms with Crippen LogP contribution in [0, 0.1) is 0 Å². The Bertz CT molecular complexity index is 1180. The fourth-order valence-electron chi connectivity index (χ4n) is 5.91. The molecule has 6 heteroatoms. The van der Waals surface area contributed by atoms with E-state index in [0.717, 1.165) is 71.9 Å². The van der Waals surface area contributed by atoms with Gasteiger partial charge in [0.05, 0.1) is 13.2 Å². The molecule has 0 heterocycles. The number of esters is 2. The summed E-state index contributed by atoms with van der Waals surface area (Å²) in [5.41, 5.74) is 5.34. The van der Waals surface area contributed by atoms with E-state index in [-0.39, 0.29) is 33.6 Å². The normalized spacial score (nSPS) is 12.7. The molecule has 2 aromatic carbocycles. The van der Waals surface area contributed by atoms with E-state index in [1.54, 1.807) is 0 Å². The van der Waals surface area contributed by atoms with Crippen molar-refractivity contribution in [3.8, 4) is 11.5 Å². The first-order chi connectivity index (χ1) is 22.0. The van der Waals surface area contributed by atoms with Gasteiger partial charge < -0.3 is 19.7 Å². The Balaban J connectivity index is 1.65. The number of rotatable bonds is 15. The number of aryl methyl sites for hydroxylation is 2. The van der Waals surface area contributed by atoms with E-state index in [1.807, 2.05) is 0 Å². The number of unbranched alkanes of at least 4 members (excludes halogenated alkanes) is 3. The van der Waals surface area contributed by atoms with Crippen molar-refractivity contribution in [1.82, 2.24) is 0 Å². The van der Waals surface area contributed by atoms with Crippen molar-refractivity contribution in [2.24, 2.45) is 0 Å². The lowest BCUT2D eigenvalue weighted by molar-refractivity contribution is -0.145. The van der Waals surface area contributed by atoms with E-state index in [2.05, 4.69) is 107 Å². The minimum atomic E-state index is -0.176.